The van der Waals surface area contributed by atoms with Crippen LogP contribution in [0.2, 0.25) is 5.02 Å². The monoisotopic (exact) mass is 328 g/mol. The van der Waals surface area contributed by atoms with Gasteiger partial charge in [0.05, 0.1) is 5.02 Å². The number of carboxylic acid groups (broad SMARTS) is 1. The second-order valence-corrected chi connectivity index (χ2v) is 4.75. The Bertz CT molecular complexity index is 633. The van der Waals surface area contributed by atoms with E-state index in [0.29, 0.717) is 4.47 Å². The van der Waals surface area contributed by atoms with Crippen LogP contribution in [0, 0.1) is 0 Å². The fourth-order valence-corrected chi connectivity index (χ4v) is 1.94. The third-order valence-corrected chi connectivity index (χ3v) is 3.04. The number of aromatic carboxylic acids is 1. The number of carboxylic acids is 1. The molecule has 2 rings (SSSR count). The van der Waals surface area contributed by atoms with Crippen molar-refractivity contribution in [3.8, 4) is 0 Å². The van der Waals surface area contributed by atoms with Crippen LogP contribution >= 0.6 is 27.5 Å². The molecular formula is C12H6BrClO4. The van der Waals surface area contributed by atoms with E-state index in [-0.39, 0.29) is 22.1 Å². The first kappa shape index (κ1) is 12.9. The highest BCUT2D eigenvalue weighted by atomic mass is 79.9. The molecule has 1 N–H and O–H groups in total. The zero-order valence-corrected chi connectivity index (χ0v) is 11.2. The predicted molar refractivity (Wildman–Crippen MR) is 68.3 cm³/mol. The van der Waals surface area contributed by atoms with Gasteiger partial charge in [0.1, 0.15) is 0 Å². The highest BCUT2D eigenvalue weighted by Gasteiger charge is 2.19. The van der Waals surface area contributed by atoms with Gasteiger partial charge in [-0.05, 0) is 30.3 Å². The van der Waals surface area contributed by atoms with Gasteiger partial charge in [0.25, 0.3) is 0 Å². The summed E-state index contributed by atoms with van der Waals surface area (Å²) in [6.45, 7) is 0. The number of furan rings is 1. The summed E-state index contributed by atoms with van der Waals surface area (Å²) >= 11 is 9.14. The maximum absolute atomic E-state index is 12.1. The summed E-state index contributed by atoms with van der Waals surface area (Å²) < 4.78 is 5.63. The third kappa shape index (κ3) is 2.47. The van der Waals surface area contributed by atoms with Crippen LogP contribution in [0.1, 0.15) is 26.7 Å². The lowest BCUT2D eigenvalue weighted by molar-refractivity contribution is 0.0660. The van der Waals surface area contributed by atoms with E-state index in [9.17, 15) is 9.59 Å². The molecule has 18 heavy (non-hydrogen) atoms. The quantitative estimate of drug-likeness (QED) is 0.873. The molecule has 92 valence electrons. The van der Waals surface area contributed by atoms with Crippen molar-refractivity contribution >= 4 is 39.3 Å². The number of carbonyl (C=O) groups is 2. The molecule has 0 atom stereocenters. The molecule has 2 aromatic rings. The Morgan fingerprint density at radius 1 is 1.17 bits per heavy atom. The number of hydrogen-bond donors (Lipinski definition) is 1. The van der Waals surface area contributed by atoms with Crippen LogP contribution in [0.4, 0.5) is 0 Å². The van der Waals surface area contributed by atoms with Crippen LogP contribution in [0.15, 0.2) is 39.2 Å². The van der Waals surface area contributed by atoms with Crippen molar-refractivity contribution in [1.29, 1.82) is 0 Å². The van der Waals surface area contributed by atoms with Crippen molar-refractivity contribution in [3.05, 3.63) is 56.9 Å². The lowest BCUT2D eigenvalue weighted by Crippen LogP contribution is -2.01. The normalized spacial score (nSPS) is 10.3. The fourth-order valence-electron chi connectivity index (χ4n) is 1.38. The average Bonchev–Trinajstić information content (AvgIpc) is 2.81. The van der Waals surface area contributed by atoms with Crippen molar-refractivity contribution in [2.75, 3.05) is 0 Å². The fraction of sp³-hybridized carbons (Fsp3) is 0. The van der Waals surface area contributed by atoms with Crippen molar-refractivity contribution in [2.45, 2.75) is 0 Å². The van der Waals surface area contributed by atoms with E-state index >= 15 is 0 Å². The first-order chi connectivity index (χ1) is 8.49. The predicted octanol–water partition coefficient (Wildman–Crippen LogP) is 3.62. The molecule has 0 amide bonds. The van der Waals surface area contributed by atoms with Gasteiger partial charge in [-0.1, -0.05) is 27.5 Å². The van der Waals surface area contributed by atoms with Gasteiger partial charge >= 0.3 is 5.97 Å². The van der Waals surface area contributed by atoms with Crippen LogP contribution in [-0.4, -0.2) is 16.9 Å². The molecule has 0 saturated heterocycles. The minimum absolute atomic E-state index is 0.0626. The van der Waals surface area contributed by atoms with Gasteiger partial charge in [0.2, 0.25) is 11.5 Å². The van der Waals surface area contributed by atoms with Gasteiger partial charge in [-0.3, -0.25) is 4.79 Å². The summed E-state index contributed by atoms with van der Waals surface area (Å²) in [6.07, 6.45) is 0. The topological polar surface area (TPSA) is 67.5 Å². The van der Waals surface area contributed by atoms with E-state index in [2.05, 4.69) is 15.9 Å². The molecule has 0 saturated carbocycles. The van der Waals surface area contributed by atoms with E-state index in [1.54, 1.807) is 18.2 Å². The zero-order valence-electron chi connectivity index (χ0n) is 8.81. The summed E-state index contributed by atoms with van der Waals surface area (Å²) in [5.41, 5.74) is 0.248. The van der Waals surface area contributed by atoms with Gasteiger partial charge in [-0.25, -0.2) is 4.79 Å². The average molecular weight is 330 g/mol. The van der Waals surface area contributed by atoms with E-state index in [1.165, 1.54) is 12.1 Å². The van der Waals surface area contributed by atoms with Crippen LogP contribution in [-0.2, 0) is 0 Å². The molecule has 4 nitrogen and oxygen atoms in total. The maximum atomic E-state index is 12.1. The van der Waals surface area contributed by atoms with Gasteiger partial charge in [0, 0.05) is 10.0 Å². The molecule has 0 aliphatic heterocycles. The van der Waals surface area contributed by atoms with Crippen LogP contribution in [0.3, 0.4) is 0 Å². The van der Waals surface area contributed by atoms with Gasteiger partial charge in [-0.2, -0.15) is 0 Å². The van der Waals surface area contributed by atoms with E-state index < -0.39 is 11.8 Å². The Kier molecular flexibility index (Phi) is 3.54. The number of hydrogen-bond acceptors (Lipinski definition) is 3. The minimum Gasteiger partial charge on any atom is -0.475 e. The molecule has 1 aromatic carbocycles. The van der Waals surface area contributed by atoms with Crippen molar-refractivity contribution in [2.24, 2.45) is 0 Å². The Labute approximate surface area is 115 Å². The molecule has 0 bridgehead atoms. The van der Waals surface area contributed by atoms with Gasteiger partial charge in [-0.15, -0.1) is 0 Å². The highest BCUT2D eigenvalue weighted by Crippen LogP contribution is 2.24. The standard InChI is InChI=1S/C12H6BrClO4/c13-6-1-2-8(14)7(5-6)11(15)9-3-4-10(18-9)12(16)17/h1-5H,(H,16,17). The highest BCUT2D eigenvalue weighted by molar-refractivity contribution is 9.10. The number of rotatable bonds is 3. The van der Waals surface area contributed by atoms with Crippen LogP contribution in [0.25, 0.3) is 0 Å². The Morgan fingerprint density at radius 2 is 1.83 bits per heavy atom. The summed E-state index contributed by atoms with van der Waals surface area (Å²) in [5, 5.41) is 8.99. The molecule has 0 spiro atoms. The Morgan fingerprint density at radius 3 is 2.44 bits per heavy atom. The van der Waals surface area contributed by atoms with E-state index in [4.69, 9.17) is 21.1 Å². The molecule has 1 heterocycles. The van der Waals surface area contributed by atoms with Crippen LogP contribution < -0.4 is 0 Å². The van der Waals surface area contributed by atoms with Gasteiger partial charge < -0.3 is 9.52 Å². The first-order valence-electron chi connectivity index (χ1n) is 4.82. The minimum atomic E-state index is -1.23. The summed E-state index contributed by atoms with van der Waals surface area (Å²) in [5.74, 6) is -2.04. The summed E-state index contributed by atoms with van der Waals surface area (Å²) in [4.78, 5) is 22.7. The number of carbonyl (C=O) groups excluding carboxylic acids is 1. The van der Waals surface area contributed by atoms with E-state index in [0.717, 1.165) is 0 Å². The smallest absolute Gasteiger partial charge is 0.371 e. The maximum Gasteiger partial charge on any atom is 0.371 e. The molecule has 1 aromatic heterocycles. The number of ketones is 1. The molecular weight excluding hydrogens is 323 g/mol. The largest absolute Gasteiger partial charge is 0.475 e. The molecule has 6 heteroatoms. The molecule has 0 aliphatic rings. The molecule has 0 radical (unpaired) electrons. The lowest BCUT2D eigenvalue weighted by Gasteiger charge is -2.01. The first-order valence-corrected chi connectivity index (χ1v) is 5.99. The molecule has 0 unspecified atom stereocenters. The zero-order chi connectivity index (χ0) is 13.3. The molecule has 0 fully saturated rings. The SMILES string of the molecule is O=C(O)c1ccc(C(=O)c2cc(Br)ccc2Cl)o1. The summed E-state index contributed by atoms with van der Waals surface area (Å²) in [6, 6.07) is 7.35. The van der Waals surface area contributed by atoms with Crippen LogP contribution in [0.5, 0.6) is 0 Å². The Hall–Kier alpha value is -1.59. The third-order valence-electron chi connectivity index (χ3n) is 2.21. The number of halogens is 2. The second kappa shape index (κ2) is 4.96. The van der Waals surface area contributed by atoms with Crippen molar-refractivity contribution in [3.63, 3.8) is 0 Å². The van der Waals surface area contributed by atoms with E-state index in [1.807, 2.05) is 0 Å². The van der Waals surface area contributed by atoms with Crippen molar-refractivity contribution < 1.29 is 19.1 Å². The number of benzene rings is 1. The lowest BCUT2D eigenvalue weighted by atomic mass is 10.1. The summed E-state index contributed by atoms with van der Waals surface area (Å²) in [7, 11) is 0. The molecule has 0 aliphatic carbocycles. The second-order valence-electron chi connectivity index (χ2n) is 3.42. The Balaban J connectivity index is 2.41. The van der Waals surface area contributed by atoms with Crippen molar-refractivity contribution in [1.82, 2.24) is 0 Å². The van der Waals surface area contributed by atoms with Gasteiger partial charge in [0.15, 0.2) is 5.76 Å².